The molecule has 2 atom stereocenters. The molecule has 1 aliphatic heterocycles. The molecule has 1 heterocycles. The van der Waals surface area contributed by atoms with E-state index in [0.717, 1.165) is 6.42 Å². The Balaban J connectivity index is 2.09. The van der Waals surface area contributed by atoms with Crippen LogP contribution in [0.25, 0.3) is 0 Å². The van der Waals surface area contributed by atoms with Crippen LogP contribution in [-0.2, 0) is 14.3 Å². The number of hydrogen-bond donors (Lipinski definition) is 0. The first-order valence-electron chi connectivity index (χ1n) is 3.49. The van der Waals surface area contributed by atoms with E-state index in [9.17, 15) is 9.59 Å². The standard InChI is InChI=1S/C7H8O3/c8-6-2-4-1-5(4)3-7(9)10-6/h4-5H,1-3H2/t4-,5+. The van der Waals surface area contributed by atoms with Crippen molar-refractivity contribution in [2.75, 3.05) is 0 Å². The fraction of sp³-hybridized carbons (Fsp3) is 0.714. The Hall–Kier alpha value is -0.860. The maximum Gasteiger partial charge on any atom is 0.313 e. The summed E-state index contributed by atoms with van der Waals surface area (Å²) >= 11 is 0. The zero-order valence-electron chi connectivity index (χ0n) is 5.50. The van der Waals surface area contributed by atoms with Crippen LogP contribution in [0.15, 0.2) is 0 Å². The van der Waals surface area contributed by atoms with Crippen LogP contribution < -0.4 is 0 Å². The number of cyclic esters (lactones) is 2. The summed E-state index contributed by atoms with van der Waals surface area (Å²) in [6.07, 6.45) is 1.95. The average molecular weight is 140 g/mol. The molecule has 1 saturated heterocycles. The molecule has 0 amide bonds. The monoisotopic (exact) mass is 140 g/mol. The molecule has 54 valence electrons. The molecule has 0 N–H and O–H groups in total. The number of esters is 2. The van der Waals surface area contributed by atoms with Gasteiger partial charge in [0.05, 0.1) is 0 Å². The molecule has 0 bridgehead atoms. The Morgan fingerprint density at radius 2 is 1.60 bits per heavy atom. The van der Waals surface area contributed by atoms with Gasteiger partial charge in [-0.15, -0.1) is 0 Å². The van der Waals surface area contributed by atoms with Crippen molar-refractivity contribution in [2.45, 2.75) is 19.3 Å². The smallest absolute Gasteiger partial charge is 0.313 e. The molecular weight excluding hydrogens is 132 g/mol. The van der Waals surface area contributed by atoms with E-state index in [-0.39, 0.29) is 11.9 Å². The molecular formula is C7H8O3. The Morgan fingerprint density at radius 1 is 1.10 bits per heavy atom. The predicted octanol–water partition coefficient (Wildman–Crippen LogP) is 0.486. The number of hydrogen-bond acceptors (Lipinski definition) is 3. The molecule has 2 rings (SSSR count). The number of carbonyl (C=O) groups excluding carboxylic acids is 2. The van der Waals surface area contributed by atoms with Crippen molar-refractivity contribution < 1.29 is 14.3 Å². The van der Waals surface area contributed by atoms with Gasteiger partial charge in [-0.2, -0.15) is 0 Å². The van der Waals surface area contributed by atoms with Gasteiger partial charge in [-0.3, -0.25) is 9.59 Å². The van der Waals surface area contributed by atoms with Gasteiger partial charge in [-0.25, -0.2) is 0 Å². The number of fused-ring (bicyclic) bond motifs is 1. The van der Waals surface area contributed by atoms with Gasteiger partial charge in [0, 0.05) is 12.8 Å². The summed E-state index contributed by atoms with van der Waals surface area (Å²) in [5.41, 5.74) is 0. The maximum absolute atomic E-state index is 10.7. The quantitative estimate of drug-likeness (QED) is 0.363. The van der Waals surface area contributed by atoms with Gasteiger partial charge in [0.1, 0.15) is 0 Å². The number of carbonyl (C=O) groups is 2. The summed E-state index contributed by atoms with van der Waals surface area (Å²) in [6.45, 7) is 0. The minimum atomic E-state index is -0.338. The summed E-state index contributed by atoms with van der Waals surface area (Å²) in [7, 11) is 0. The van der Waals surface area contributed by atoms with E-state index in [1.54, 1.807) is 0 Å². The van der Waals surface area contributed by atoms with E-state index < -0.39 is 0 Å². The highest BCUT2D eigenvalue weighted by molar-refractivity contribution is 5.87. The molecule has 2 aliphatic rings. The van der Waals surface area contributed by atoms with Crippen LogP contribution >= 0.6 is 0 Å². The Bertz CT molecular complexity index is 177. The van der Waals surface area contributed by atoms with Crippen molar-refractivity contribution in [1.29, 1.82) is 0 Å². The topological polar surface area (TPSA) is 43.4 Å². The summed E-state index contributed by atoms with van der Waals surface area (Å²) in [5, 5.41) is 0. The molecule has 3 heteroatoms. The minimum absolute atomic E-state index is 0.338. The molecule has 0 unspecified atom stereocenters. The van der Waals surface area contributed by atoms with Gasteiger partial charge in [0.15, 0.2) is 0 Å². The van der Waals surface area contributed by atoms with Crippen molar-refractivity contribution in [2.24, 2.45) is 11.8 Å². The Labute approximate surface area is 58.4 Å². The SMILES string of the molecule is O=C1C[C@@H]2C[C@@H]2CC(=O)O1. The van der Waals surface area contributed by atoms with Crippen molar-refractivity contribution in [3.63, 3.8) is 0 Å². The second-order valence-electron chi connectivity index (χ2n) is 3.01. The second-order valence-corrected chi connectivity index (χ2v) is 3.01. The first-order chi connectivity index (χ1) is 4.75. The fourth-order valence-electron chi connectivity index (χ4n) is 1.45. The molecule has 0 spiro atoms. The summed E-state index contributed by atoms with van der Waals surface area (Å²) < 4.78 is 4.43. The third kappa shape index (κ3) is 0.916. The van der Waals surface area contributed by atoms with Crippen LogP contribution in [0.1, 0.15) is 19.3 Å². The van der Waals surface area contributed by atoms with Crippen LogP contribution in [0.2, 0.25) is 0 Å². The van der Waals surface area contributed by atoms with E-state index in [4.69, 9.17) is 0 Å². The zero-order chi connectivity index (χ0) is 7.14. The van der Waals surface area contributed by atoms with Gasteiger partial charge >= 0.3 is 11.9 Å². The highest BCUT2D eigenvalue weighted by Gasteiger charge is 2.43. The first kappa shape index (κ1) is 5.89. The highest BCUT2D eigenvalue weighted by Crippen LogP contribution is 2.45. The summed E-state index contributed by atoms with van der Waals surface area (Å²) in [4.78, 5) is 21.4. The zero-order valence-corrected chi connectivity index (χ0v) is 5.50. The Kier molecular flexibility index (Phi) is 1.07. The van der Waals surface area contributed by atoms with E-state index >= 15 is 0 Å². The normalized spacial score (nSPS) is 38.0. The average Bonchev–Trinajstić information content (AvgIpc) is 2.43. The van der Waals surface area contributed by atoms with E-state index in [1.165, 1.54) is 0 Å². The minimum Gasteiger partial charge on any atom is -0.393 e. The molecule has 0 aromatic heterocycles. The maximum atomic E-state index is 10.7. The molecule has 0 aromatic carbocycles. The second kappa shape index (κ2) is 1.81. The molecule has 3 nitrogen and oxygen atoms in total. The van der Waals surface area contributed by atoms with Crippen LogP contribution in [0.5, 0.6) is 0 Å². The van der Waals surface area contributed by atoms with Gasteiger partial charge in [-0.1, -0.05) is 0 Å². The lowest BCUT2D eigenvalue weighted by molar-refractivity contribution is -0.158. The third-order valence-corrected chi connectivity index (χ3v) is 2.15. The molecule has 2 fully saturated rings. The summed E-state index contributed by atoms with van der Waals surface area (Å²) in [6, 6.07) is 0. The van der Waals surface area contributed by atoms with E-state index in [2.05, 4.69) is 4.74 Å². The number of ether oxygens (including phenoxy) is 1. The first-order valence-corrected chi connectivity index (χ1v) is 3.49. The van der Waals surface area contributed by atoms with Crippen molar-refractivity contribution in [3.05, 3.63) is 0 Å². The fourth-order valence-corrected chi connectivity index (χ4v) is 1.45. The van der Waals surface area contributed by atoms with Crippen LogP contribution in [0, 0.1) is 11.8 Å². The van der Waals surface area contributed by atoms with Crippen molar-refractivity contribution in [3.8, 4) is 0 Å². The van der Waals surface area contributed by atoms with Crippen molar-refractivity contribution in [1.82, 2.24) is 0 Å². The van der Waals surface area contributed by atoms with E-state index in [1.807, 2.05) is 0 Å². The summed E-state index contributed by atoms with van der Waals surface area (Å²) in [5.74, 6) is 0.239. The number of rotatable bonds is 0. The van der Waals surface area contributed by atoms with Crippen LogP contribution in [0.4, 0.5) is 0 Å². The van der Waals surface area contributed by atoms with Gasteiger partial charge in [0.25, 0.3) is 0 Å². The van der Waals surface area contributed by atoms with Crippen molar-refractivity contribution >= 4 is 11.9 Å². The predicted molar refractivity (Wildman–Crippen MR) is 31.9 cm³/mol. The molecule has 1 aliphatic carbocycles. The molecule has 1 saturated carbocycles. The molecule has 0 radical (unpaired) electrons. The lowest BCUT2D eigenvalue weighted by Gasteiger charge is -1.95. The largest absolute Gasteiger partial charge is 0.393 e. The lowest BCUT2D eigenvalue weighted by atomic mass is 10.2. The lowest BCUT2D eigenvalue weighted by Crippen LogP contribution is -2.09. The van der Waals surface area contributed by atoms with E-state index in [0.29, 0.717) is 24.7 Å². The van der Waals surface area contributed by atoms with Gasteiger partial charge in [-0.05, 0) is 18.3 Å². The molecule has 0 aromatic rings. The Morgan fingerprint density at radius 3 is 2.10 bits per heavy atom. The van der Waals surface area contributed by atoms with Crippen LogP contribution in [-0.4, -0.2) is 11.9 Å². The van der Waals surface area contributed by atoms with Gasteiger partial charge < -0.3 is 4.74 Å². The highest BCUT2D eigenvalue weighted by atomic mass is 16.6. The van der Waals surface area contributed by atoms with Crippen LogP contribution in [0.3, 0.4) is 0 Å². The molecule has 10 heavy (non-hydrogen) atoms. The van der Waals surface area contributed by atoms with Gasteiger partial charge in [0.2, 0.25) is 0 Å². The third-order valence-electron chi connectivity index (χ3n) is 2.15.